The van der Waals surface area contributed by atoms with Gasteiger partial charge < -0.3 is 5.32 Å². The highest BCUT2D eigenvalue weighted by atomic mass is 32.2. The lowest BCUT2D eigenvalue weighted by Gasteiger charge is -2.10. The zero-order valence-electron chi connectivity index (χ0n) is 10.5. The third-order valence-electron chi connectivity index (χ3n) is 3.08. The van der Waals surface area contributed by atoms with Crippen molar-refractivity contribution in [2.45, 2.75) is 12.5 Å². The van der Waals surface area contributed by atoms with Gasteiger partial charge in [0.05, 0.1) is 21.7 Å². The lowest BCUT2D eigenvalue weighted by molar-refractivity contribution is 0.249. The number of carbonyl (C=O) groups is 1. The van der Waals surface area contributed by atoms with Crippen molar-refractivity contribution in [1.82, 2.24) is 10.3 Å². The Bertz CT molecular complexity index is 721. The fourth-order valence-corrected chi connectivity index (χ4v) is 4.69. The smallest absolute Gasteiger partial charge is 0.321 e. The van der Waals surface area contributed by atoms with Crippen LogP contribution in [0.5, 0.6) is 0 Å². The normalized spacial score (nSPS) is 20.9. The summed E-state index contributed by atoms with van der Waals surface area (Å²) in [4.78, 5) is 16.1. The van der Waals surface area contributed by atoms with Gasteiger partial charge in [-0.2, -0.15) is 0 Å². The zero-order valence-corrected chi connectivity index (χ0v) is 12.1. The number of amides is 2. The Morgan fingerprint density at radius 2 is 2.15 bits per heavy atom. The molecule has 1 aromatic carbocycles. The number of sulfone groups is 1. The van der Waals surface area contributed by atoms with E-state index < -0.39 is 15.9 Å². The molecular formula is C12H13N3O3S2. The minimum atomic E-state index is -2.99. The molecule has 2 aromatic rings. The van der Waals surface area contributed by atoms with Gasteiger partial charge >= 0.3 is 6.03 Å². The number of hydrogen-bond donors (Lipinski definition) is 2. The highest BCUT2D eigenvalue weighted by Crippen LogP contribution is 2.25. The Morgan fingerprint density at radius 3 is 2.85 bits per heavy atom. The second kappa shape index (κ2) is 5.02. The molecule has 20 heavy (non-hydrogen) atoms. The average molecular weight is 311 g/mol. The number of thiazole rings is 1. The molecule has 106 valence electrons. The van der Waals surface area contributed by atoms with Crippen molar-refractivity contribution in [3.05, 3.63) is 24.3 Å². The number of hydrogen-bond acceptors (Lipinski definition) is 5. The van der Waals surface area contributed by atoms with Crippen LogP contribution in [0.3, 0.4) is 0 Å². The Kier molecular flexibility index (Phi) is 3.35. The summed E-state index contributed by atoms with van der Waals surface area (Å²) in [5.41, 5.74) is 0.830. The monoisotopic (exact) mass is 311 g/mol. The average Bonchev–Trinajstić information content (AvgIpc) is 2.91. The van der Waals surface area contributed by atoms with Gasteiger partial charge in [-0.3, -0.25) is 5.32 Å². The van der Waals surface area contributed by atoms with E-state index in [0.717, 1.165) is 10.2 Å². The Balaban J connectivity index is 1.64. The van der Waals surface area contributed by atoms with Crippen molar-refractivity contribution >= 4 is 42.6 Å². The predicted octanol–water partition coefficient (Wildman–Crippen LogP) is 1.60. The van der Waals surface area contributed by atoms with Gasteiger partial charge in [0.15, 0.2) is 15.0 Å². The molecule has 1 aliphatic rings. The van der Waals surface area contributed by atoms with Gasteiger partial charge in [-0.05, 0) is 18.6 Å². The van der Waals surface area contributed by atoms with Crippen LogP contribution in [0.1, 0.15) is 6.42 Å². The van der Waals surface area contributed by atoms with Gasteiger partial charge in [0.2, 0.25) is 0 Å². The maximum absolute atomic E-state index is 11.8. The molecule has 1 aromatic heterocycles. The molecule has 0 bridgehead atoms. The van der Waals surface area contributed by atoms with Crippen LogP contribution in [0.15, 0.2) is 24.3 Å². The highest BCUT2D eigenvalue weighted by Gasteiger charge is 2.29. The fourth-order valence-electron chi connectivity index (χ4n) is 2.15. The van der Waals surface area contributed by atoms with Gasteiger partial charge in [-0.15, -0.1) is 0 Å². The van der Waals surface area contributed by atoms with Crippen molar-refractivity contribution in [3.8, 4) is 0 Å². The summed E-state index contributed by atoms with van der Waals surface area (Å²) in [6.07, 6.45) is 0.468. The first-order chi connectivity index (χ1) is 9.52. The van der Waals surface area contributed by atoms with E-state index in [-0.39, 0.29) is 17.5 Å². The topological polar surface area (TPSA) is 88.2 Å². The van der Waals surface area contributed by atoms with Gasteiger partial charge in [0.25, 0.3) is 0 Å². The third-order valence-corrected chi connectivity index (χ3v) is 5.80. The van der Waals surface area contributed by atoms with Crippen LogP contribution in [0.4, 0.5) is 9.93 Å². The molecule has 1 atom stereocenters. The van der Waals surface area contributed by atoms with Gasteiger partial charge in [0, 0.05) is 6.04 Å². The molecule has 0 aliphatic carbocycles. The molecule has 0 radical (unpaired) electrons. The van der Waals surface area contributed by atoms with E-state index in [2.05, 4.69) is 15.6 Å². The summed E-state index contributed by atoms with van der Waals surface area (Å²) in [5.74, 6) is 0.152. The summed E-state index contributed by atoms with van der Waals surface area (Å²) in [6.45, 7) is 0. The summed E-state index contributed by atoms with van der Waals surface area (Å²) < 4.78 is 23.6. The quantitative estimate of drug-likeness (QED) is 0.882. The van der Waals surface area contributed by atoms with Crippen LogP contribution in [0, 0.1) is 0 Å². The van der Waals surface area contributed by atoms with Gasteiger partial charge in [-0.1, -0.05) is 23.5 Å². The van der Waals surface area contributed by atoms with Crippen LogP contribution in [-0.2, 0) is 9.84 Å². The van der Waals surface area contributed by atoms with Crippen LogP contribution in [-0.4, -0.2) is 37.0 Å². The van der Waals surface area contributed by atoms with E-state index in [0.29, 0.717) is 11.6 Å². The van der Waals surface area contributed by atoms with Crippen molar-refractivity contribution < 1.29 is 13.2 Å². The molecule has 6 nitrogen and oxygen atoms in total. The molecule has 3 rings (SSSR count). The fraction of sp³-hybridized carbons (Fsp3) is 0.333. The van der Waals surface area contributed by atoms with Gasteiger partial charge in [0.1, 0.15) is 0 Å². The minimum absolute atomic E-state index is 0.0142. The molecule has 1 fully saturated rings. The highest BCUT2D eigenvalue weighted by molar-refractivity contribution is 7.91. The second-order valence-corrected chi connectivity index (χ2v) is 7.94. The number of fused-ring (bicyclic) bond motifs is 1. The lowest BCUT2D eigenvalue weighted by atomic mass is 10.3. The number of nitrogens with zero attached hydrogens (tertiary/aromatic N) is 1. The number of anilines is 1. The van der Waals surface area contributed by atoms with Gasteiger partial charge in [-0.25, -0.2) is 18.2 Å². The maximum atomic E-state index is 11.8. The van der Waals surface area contributed by atoms with E-state index in [1.165, 1.54) is 11.3 Å². The molecule has 1 saturated heterocycles. The first-order valence-corrected chi connectivity index (χ1v) is 8.79. The molecule has 0 saturated carbocycles. The van der Waals surface area contributed by atoms with Crippen LogP contribution >= 0.6 is 11.3 Å². The van der Waals surface area contributed by atoms with E-state index >= 15 is 0 Å². The van der Waals surface area contributed by atoms with Crippen molar-refractivity contribution in [2.24, 2.45) is 0 Å². The standard InChI is InChI=1S/C12H13N3O3S2/c16-11(13-8-5-6-20(17,18)7-8)15-12-14-9-3-1-2-4-10(9)19-12/h1-4,8H,5-7H2,(H2,13,14,15,16). The molecule has 2 heterocycles. The number of benzene rings is 1. The van der Waals surface area contributed by atoms with E-state index in [1.807, 2.05) is 24.3 Å². The van der Waals surface area contributed by atoms with Crippen molar-refractivity contribution in [3.63, 3.8) is 0 Å². The van der Waals surface area contributed by atoms with Crippen LogP contribution in [0.25, 0.3) is 10.2 Å². The Hall–Kier alpha value is -1.67. The summed E-state index contributed by atoms with van der Waals surface area (Å²) in [7, 11) is -2.99. The second-order valence-electron chi connectivity index (χ2n) is 4.69. The van der Waals surface area contributed by atoms with E-state index in [9.17, 15) is 13.2 Å². The zero-order chi connectivity index (χ0) is 14.2. The number of aromatic nitrogens is 1. The molecular weight excluding hydrogens is 298 g/mol. The SMILES string of the molecule is O=C(Nc1nc2ccccc2s1)NC1CCS(=O)(=O)C1. The summed E-state index contributed by atoms with van der Waals surface area (Å²) >= 11 is 1.38. The molecule has 1 unspecified atom stereocenters. The maximum Gasteiger partial charge on any atom is 0.321 e. The third kappa shape index (κ3) is 2.91. The largest absolute Gasteiger partial charge is 0.334 e. The molecule has 2 amide bonds. The van der Waals surface area contributed by atoms with Crippen molar-refractivity contribution in [2.75, 3.05) is 16.8 Å². The molecule has 0 spiro atoms. The lowest BCUT2D eigenvalue weighted by Crippen LogP contribution is -2.38. The van der Waals surface area contributed by atoms with E-state index in [1.54, 1.807) is 0 Å². The Morgan fingerprint density at radius 1 is 1.35 bits per heavy atom. The molecule has 1 aliphatic heterocycles. The summed E-state index contributed by atoms with van der Waals surface area (Å²) in [6, 6.07) is 6.88. The number of nitrogens with one attached hydrogen (secondary N) is 2. The van der Waals surface area contributed by atoms with E-state index in [4.69, 9.17) is 0 Å². The number of urea groups is 1. The molecule has 2 N–H and O–H groups in total. The van der Waals surface area contributed by atoms with Crippen LogP contribution < -0.4 is 10.6 Å². The van der Waals surface area contributed by atoms with Crippen molar-refractivity contribution in [1.29, 1.82) is 0 Å². The molecule has 8 heteroatoms. The Labute approximate surface area is 120 Å². The number of rotatable bonds is 2. The summed E-state index contributed by atoms with van der Waals surface area (Å²) in [5, 5.41) is 5.82. The first kappa shape index (κ1) is 13.3. The van der Waals surface area contributed by atoms with Crippen LogP contribution in [0.2, 0.25) is 0 Å². The number of carbonyl (C=O) groups excluding carboxylic acids is 1. The minimum Gasteiger partial charge on any atom is -0.334 e. The number of para-hydroxylation sites is 1. The first-order valence-electron chi connectivity index (χ1n) is 6.15. The predicted molar refractivity (Wildman–Crippen MR) is 78.8 cm³/mol.